The lowest BCUT2D eigenvalue weighted by Gasteiger charge is -2.26. The molecule has 0 saturated carbocycles. The summed E-state index contributed by atoms with van der Waals surface area (Å²) in [4.78, 5) is 9.08. The minimum atomic E-state index is -3.37. The van der Waals surface area contributed by atoms with E-state index in [4.69, 9.17) is 25.9 Å². The summed E-state index contributed by atoms with van der Waals surface area (Å²) in [5, 5.41) is 5.32. The first kappa shape index (κ1) is 24.7. The molecule has 4 radical (unpaired) electrons. The van der Waals surface area contributed by atoms with Crippen LogP contribution >= 0.6 is 0 Å². The molecule has 11 heteroatoms. The molecule has 35 heavy (non-hydrogen) atoms. The molecule has 8 nitrogen and oxygen atoms in total. The van der Waals surface area contributed by atoms with Gasteiger partial charge in [-0.05, 0) is 43.9 Å². The van der Waals surface area contributed by atoms with E-state index in [0.717, 1.165) is 5.56 Å². The van der Waals surface area contributed by atoms with Gasteiger partial charge in [0.05, 0.1) is 37.7 Å². The normalized spacial score (nSPS) is 12.2. The van der Waals surface area contributed by atoms with Crippen LogP contribution in [-0.4, -0.2) is 51.5 Å². The van der Waals surface area contributed by atoms with Gasteiger partial charge < -0.3 is 15.6 Å². The first-order valence-corrected chi connectivity index (χ1v) is 12.4. The molecule has 0 unspecified atom stereocenters. The van der Waals surface area contributed by atoms with E-state index in [1.807, 2.05) is 12.1 Å². The number of nitrogen functional groups attached to an aromatic ring is 1. The monoisotopic (exact) mass is 483 g/mol. The van der Waals surface area contributed by atoms with E-state index in [0.29, 0.717) is 34.0 Å². The number of hydrogen-bond donors (Lipinski definition) is 2. The molecule has 4 rings (SSSR count). The number of benzene rings is 2. The molecule has 0 aliphatic carbocycles. The van der Waals surface area contributed by atoms with Crippen LogP contribution < -0.4 is 11.1 Å². The van der Waals surface area contributed by atoms with Gasteiger partial charge in [-0.25, -0.2) is 18.4 Å². The maximum atomic E-state index is 12.4. The minimum absolute atomic E-state index is 0.177. The second kappa shape index (κ2) is 9.31. The van der Waals surface area contributed by atoms with Gasteiger partial charge in [-0.15, -0.1) is 0 Å². The van der Waals surface area contributed by atoms with Gasteiger partial charge >= 0.3 is 0 Å². The Morgan fingerprint density at radius 2 is 1.60 bits per heavy atom. The van der Waals surface area contributed by atoms with E-state index in [1.54, 1.807) is 63.4 Å². The van der Waals surface area contributed by atoms with Crippen molar-refractivity contribution in [1.82, 2.24) is 20.4 Å². The minimum Gasteiger partial charge on any atom is -0.382 e. The predicted molar refractivity (Wildman–Crippen MR) is 137 cm³/mol. The first-order chi connectivity index (χ1) is 16.5. The Bertz CT molecular complexity index is 1450. The fraction of sp³-hybridized carbons (Fsp3) is 0.208. The van der Waals surface area contributed by atoms with E-state index in [1.165, 1.54) is 6.20 Å². The summed E-state index contributed by atoms with van der Waals surface area (Å²) in [6.45, 7) is 3.29. The molecule has 0 atom stereocenters. The molecule has 4 aromatic rings. The van der Waals surface area contributed by atoms with Crippen LogP contribution in [0.5, 0.6) is 0 Å². The Morgan fingerprint density at radius 3 is 2.20 bits per heavy atom. The average molecular weight is 483 g/mol. The largest absolute Gasteiger partial charge is 0.382 e. The summed E-state index contributed by atoms with van der Waals surface area (Å²) in [6, 6.07) is 15.5. The maximum absolute atomic E-state index is 12.4. The van der Waals surface area contributed by atoms with Gasteiger partial charge in [0, 0.05) is 17.2 Å². The van der Waals surface area contributed by atoms with E-state index >= 15 is 0 Å². The summed E-state index contributed by atoms with van der Waals surface area (Å²) in [5.74, 6) is 0.521. The molecule has 0 bridgehead atoms. The summed E-state index contributed by atoms with van der Waals surface area (Å²) in [5.41, 5.74) is 9.68. The highest BCUT2D eigenvalue weighted by Crippen LogP contribution is 2.30. The van der Waals surface area contributed by atoms with Crippen molar-refractivity contribution in [3.05, 3.63) is 66.4 Å². The van der Waals surface area contributed by atoms with Gasteiger partial charge in [0.2, 0.25) is 0 Å². The zero-order valence-electron chi connectivity index (χ0n) is 19.6. The van der Waals surface area contributed by atoms with Crippen molar-refractivity contribution >= 4 is 31.3 Å². The lowest BCUT2D eigenvalue weighted by Crippen LogP contribution is -2.40. The number of anilines is 1. The Morgan fingerprint density at radius 1 is 1.00 bits per heavy atom. The highest BCUT2D eigenvalue weighted by molar-refractivity contribution is 7.92. The quantitative estimate of drug-likeness (QED) is 0.385. The van der Waals surface area contributed by atoms with Crippen molar-refractivity contribution in [2.45, 2.75) is 29.3 Å². The number of nitrogens with zero attached hydrogens (tertiary/aromatic N) is 3. The van der Waals surface area contributed by atoms with Crippen molar-refractivity contribution < 1.29 is 12.9 Å². The zero-order chi connectivity index (χ0) is 25.4. The van der Waals surface area contributed by atoms with Gasteiger partial charge in [0.1, 0.15) is 5.69 Å². The first-order valence-electron chi connectivity index (χ1n) is 10.8. The van der Waals surface area contributed by atoms with Gasteiger partial charge in [-0.2, -0.15) is 0 Å². The topological polar surface area (TPSA) is 124 Å². The molecule has 0 fully saturated rings. The van der Waals surface area contributed by atoms with Crippen LogP contribution in [0.25, 0.3) is 34.0 Å². The fourth-order valence-electron chi connectivity index (χ4n) is 3.39. The van der Waals surface area contributed by atoms with E-state index < -0.39 is 20.4 Å². The van der Waals surface area contributed by atoms with Gasteiger partial charge in [-0.1, -0.05) is 41.6 Å². The molecule has 0 aliphatic rings. The van der Waals surface area contributed by atoms with Gasteiger partial charge in [0.15, 0.2) is 27.1 Å². The predicted octanol–water partition coefficient (Wildman–Crippen LogP) is 2.90. The van der Waals surface area contributed by atoms with Crippen LogP contribution in [0.2, 0.25) is 0 Å². The number of hydrogen-bond acceptors (Lipinski definition) is 8. The van der Waals surface area contributed by atoms with Crippen molar-refractivity contribution in [3.8, 4) is 34.0 Å². The van der Waals surface area contributed by atoms with Crippen LogP contribution in [0.3, 0.4) is 0 Å². The second-order valence-corrected chi connectivity index (χ2v) is 10.9. The molecule has 0 spiro atoms. The van der Waals surface area contributed by atoms with Crippen LogP contribution in [-0.2, 0) is 15.2 Å². The van der Waals surface area contributed by atoms with Crippen LogP contribution in [0.1, 0.15) is 19.4 Å². The summed E-state index contributed by atoms with van der Waals surface area (Å²) < 4.78 is 30.3. The Labute approximate surface area is 207 Å². The molecule has 174 valence electrons. The molecule has 2 heterocycles. The number of nitrogens with one attached hydrogen (secondary N) is 1. The SMILES string of the molecule is [B]C([B])(NC)c1ccc(-c2cc(-c3nc(-c4ccc(S(=O)(=O)C(C)C)cc4)cnc3N)on2)cc1. The zero-order valence-corrected chi connectivity index (χ0v) is 20.4. The Balaban J connectivity index is 1.63. The van der Waals surface area contributed by atoms with E-state index in [-0.39, 0.29) is 10.7 Å². The maximum Gasteiger partial charge on any atom is 0.189 e. The summed E-state index contributed by atoms with van der Waals surface area (Å²) in [6.07, 6.45) is 1.52. The Hall–Kier alpha value is -3.43. The third-order valence-corrected chi connectivity index (χ3v) is 7.89. The Kier molecular flexibility index (Phi) is 6.57. The van der Waals surface area contributed by atoms with E-state index in [9.17, 15) is 8.42 Å². The molecule has 0 saturated heterocycles. The summed E-state index contributed by atoms with van der Waals surface area (Å²) in [7, 11) is 10.3. The molecule has 0 amide bonds. The van der Waals surface area contributed by atoms with Crippen molar-refractivity contribution in [2.24, 2.45) is 0 Å². The number of nitrogens with two attached hydrogens (primary N) is 1. The molecule has 2 aromatic carbocycles. The second-order valence-electron chi connectivity index (χ2n) is 8.38. The van der Waals surface area contributed by atoms with Crippen molar-refractivity contribution in [1.29, 1.82) is 0 Å². The molecular formula is C24H23B2N5O3S. The van der Waals surface area contributed by atoms with Crippen LogP contribution in [0.15, 0.2) is 70.2 Å². The third-order valence-electron chi connectivity index (χ3n) is 5.72. The smallest absolute Gasteiger partial charge is 0.189 e. The highest BCUT2D eigenvalue weighted by atomic mass is 32.2. The van der Waals surface area contributed by atoms with Crippen molar-refractivity contribution in [2.75, 3.05) is 12.8 Å². The molecular weight excluding hydrogens is 460 g/mol. The van der Waals surface area contributed by atoms with Crippen LogP contribution in [0, 0.1) is 0 Å². The molecule has 2 aromatic heterocycles. The fourth-order valence-corrected chi connectivity index (χ4v) is 4.45. The standard InChI is InChI=1S/C24H23B2N5O3S/c1-14(2)35(32,33)18-10-6-16(7-11-18)20-13-29-23(27)22(30-20)21-12-19(31-34-21)15-4-8-17(9-5-15)24(25,26)28-3/h4-14,28H,1-3H3,(H2,27,29). The lowest BCUT2D eigenvalue weighted by atomic mass is 9.58. The summed E-state index contributed by atoms with van der Waals surface area (Å²) >= 11 is 0. The highest BCUT2D eigenvalue weighted by Gasteiger charge is 2.20. The van der Waals surface area contributed by atoms with Crippen molar-refractivity contribution in [3.63, 3.8) is 0 Å². The van der Waals surface area contributed by atoms with Gasteiger partial charge in [0.25, 0.3) is 0 Å². The number of aromatic nitrogens is 3. The van der Waals surface area contributed by atoms with E-state index in [2.05, 4.69) is 20.4 Å². The molecule has 0 aliphatic heterocycles. The van der Waals surface area contributed by atoms with Gasteiger partial charge in [-0.3, -0.25) is 0 Å². The lowest BCUT2D eigenvalue weighted by molar-refractivity contribution is 0.434. The van der Waals surface area contributed by atoms with Crippen LogP contribution in [0.4, 0.5) is 5.82 Å². The molecule has 3 N–H and O–H groups in total. The number of rotatable bonds is 7. The third kappa shape index (κ3) is 4.87. The average Bonchev–Trinajstić information content (AvgIpc) is 3.34. The number of sulfone groups is 1.